The summed E-state index contributed by atoms with van der Waals surface area (Å²) in [6.45, 7) is 1.97. The number of rotatable bonds is 5. The van der Waals surface area contributed by atoms with Crippen molar-refractivity contribution in [1.82, 2.24) is 15.5 Å². The lowest BCUT2D eigenvalue weighted by Gasteiger charge is -2.23. The molecule has 0 radical (unpaired) electrons. The normalized spacial score (nSPS) is 17.1. The van der Waals surface area contributed by atoms with Crippen molar-refractivity contribution in [2.45, 2.75) is 19.0 Å². The molecule has 0 spiro atoms. The molecule has 1 saturated heterocycles. The fourth-order valence-corrected chi connectivity index (χ4v) is 4.67. The molecule has 1 aliphatic rings. The summed E-state index contributed by atoms with van der Waals surface area (Å²) >= 11 is 0. The van der Waals surface area contributed by atoms with E-state index >= 15 is 0 Å². The minimum absolute atomic E-state index is 0.0392. The molecular formula is C29H27N5O3. The Labute approximate surface area is 214 Å². The number of aromatic hydroxyl groups is 1. The highest BCUT2D eigenvalue weighted by atomic mass is 16.3. The smallest absolute Gasteiger partial charge is 0.319 e. The van der Waals surface area contributed by atoms with Crippen LogP contribution >= 0.6 is 0 Å². The van der Waals surface area contributed by atoms with E-state index in [4.69, 9.17) is 5.41 Å². The van der Waals surface area contributed by atoms with Gasteiger partial charge in [0, 0.05) is 19.0 Å². The van der Waals surface area contributed by atoms with E-state index in [1.807, 2.05) is 66.7 Å². The van der Waals surface area contributed by atoms with Crippen molar-refractivity contribution in [3.05, 3.63) is 96.1 Å². The van der Waals surface area contributed by atoms with E-state index in [9.17, 15) is 14.7 Å². The Morgan fingerprint density at radius 1 is 1.03 bits per heavy atom. The van der Waals surface area contributed by atoms with Crippen molar-refractivity contribution in [3.63, 3.8) is 0 Å². The van der Waals surface area contributed by atoms with Gasteiger partial charge in [-0.05, 0) is 58.8 Å². The molecule has 5 N–H and O–H groups in total. The molecule has 4 aromatic rings. The predicted molar refractivity (Wildman–Crippen MR) is 144 cm³/mol. The third-order valence-electron chi connectivity index (χ3n) is 6.76. The maximum atomic E-state index is 12.8. The number of phenolic OH excluding ortho intramolecular Hbond substituents is 1. The van der Waals surface area contributed by atoms with E-state index in [0.717, 1.165) is 27.5 Å². The zero-order chi connectivity index (χ0) is 26.2. The second-order valence-electron chi connectivity index (χ2n) is 9.22. The summed E-state index contributed by atoms with van der Waals surface area (Å²) < 4.78 is 0. The molecule has 8 nitrogen and oxygen atoms in total. The fraction of sp³-hybridized carbons (Fsp3) is 0.138. The molecule has 5 rings (SSSR count). The van der Waals surface area contributed by atoms with E-state index in [1.165, 1.54) is 4.90 Å². The molecular weight excluding hydrogens is 466 g/mol. The first-order valence-corrected chi connectivity index (χ1v) is 11.9. The van der Waals surface area contributed by atoms with E-state index in [0.29, 0.717) is 11.3 Å². The van der Waals surface area contributed by atoms with Crippen LogP contribution in [0, 0.1) is 5.41 Å². The average molecular weight is 494 g/mol. The van der Waals surface area contributed by atoms with Crippen LogP contribution in [0.1, 0.15) is 18.1 Å². The zero-order valence-electron chi connectivity index (χ0n) is 20.5. The predicted octanol–water partition coefficient (Wildman–Crippen LogP) is 4.75. The van der Waals surface area contributed by atoms with Crippen molar-refractivity contribution in [1.29, 1.82) is 5.41 Å². The molecule has 0 aliphatic carbocycles. The highest BCUT2D eigenvalue weighted by molar-refractivity contribution is 6.08. The summed E-state index contributed by atoms with van der Waals surface area (Å²) in [7, 11) is 1.56. The minimum Gasteiger partial charge on any atom is -0.508 e. The number of benzene rings is 4. The number of guanidine groups is 1. The Kier molecular flexibility index (Phi) is 6.01. The second kappa shape index (κ2) is 9.31. The topological polar surface area (TPSA) is 118 Å². The van der Waals surface area contributed by atoms with Crippen LogP contribution in [0.3, 0.4) is 0 Å². The molecule has 1 fully saturated rings. The lowest BCUT2D eigenvalue weighted by Crippen LogP contribution is -2.40. The third kappa shape index (κ3) is 4.45. The van der Waals surface area contributed by atoms with Gasteiger partial charge in [-0.15, -0.1) is 0 Å². The molecule has 186 valence electrons. The first-order chi connectivity index (χ1) is 17.8. The van der Waals surface area contributed by atoms with Gasteiger partial charge in [0.1, 0.15) is 11.3 Å². The molecule has 37 heavy (non-hydrogen) atoms. The Bertz CT molecular complexity index is 1540. The SMILES string of the molecule is CN1C(=N)NC(C)(c2cccc(-c3cc(O)ccc3CNC(=O)Nc3cccc4ccccc34)c2)C1=O. The quantitative estimate of drug-likeness (QED) is 0.276. The van der Waals surface area contributed by atoms with Gasteiger partial charge in [-0.25, -0.2) is 4.79 Å². The number of likely N-dealkylation sites (N-methyl/N-ethyl adjacent to an activating group) is 1. The third-order valence-corrected chi connectivity index (χ3v) is 6.76. The van der Waals surface area contributed by atoms with Crippen LogP contribution in [0.5, 0.6) is 5.75 Å². The summed E-state index contributed by atoms with van der Waals surface area (Å²) in [5.41, 5.74) is 2.63. The molecule has 8 heteroatoms. The maximum absolute atomic E-state index is 12.8. The largest absolute Gasteiger partial charge is 0.508 e. The van der Waals surface area contributed by atoms with Crippen LogP contribution in [0.25, 0.3) is 21.9 Å². The number of hydrogen-bond donors (Lipinski definition) is 5. The first kappa shape index (κ1) is 23.9. The lowest BCUT2D eigenvalue weighted by atomic mass is 9.88. The van der Waals surface area contributed by atoms with Gasteiger partial charge in [0.05, 0.1) is 5.69 Å². The standard InChI is InChI=1S/C29H27N5O3/c1-29(26(36)34(2)27(30)33-29)21-10-5-9-19(15-21)24-16-22(35)14-13-20(24)17-31-28(37)32-25-12-6-8-18-7-3-4-11-23(18)25/h3-16,35H,17H2,1-2H3,(H2,30,33)(H2,31,32,37). The van der Waals surface area contributed by atoms with Gasteiger partial charge in [-0.3, -0.25) is 15.1 Å². The van der Waals surface area contributed by atoms with Gasteiger partial charge < -0.3 is 21.1 Å². The van der Waals surface area contributed by atoms with Crippen molar-refractivity contribution >= 4 is 34.4 Å². The summed E-state index contributed by atoms with van der Waals surface area (Å²) in [5.74, 6) is -0.0953. The van der Waals surface area contributed by atoms with Gasteiger partial charge in [-0.1, -0.05) is 60.7 Å². The van der Waals surface area contributed by atoms with Crippen LogP contribution in [0.4, 0.5) is 10.5 Å². The molecule has 1 heterocycles. The minimum atomic E-state index is -1.07. The molecule has 1 unspecified atom stereocenters. The molecule has 0 saturated carbocycles. The number of anilines is 1. The lowest BCUT2D eigenvalue weighted by molar-refractivity contribution is -0.129. The summed E-state index contributed by atoms with van der Waals surface area (Å²) in [6.07, 6.45) is 0. The molecule has 0 bridgehead atoms. The van der Waals surface area contributed by atoms with Gasteiger partial charge in [0.15, 0.2) is 5.96 Å². The number of carbonyl (C=O) groups excluding carboxylic acids is 2. The second-order valence-corrected chi connectivity index (χ2v) is 9.22. The maximum Gasteiger partial charge on any atom is 0.319 e. The van der Waals surface area contributed by atoms with Gasteiger partial charge in [0.25, 0.3) is 5.91 Å². The number of carbonyl (C=O) groups is 2. The highest BCUT2D eigenvalue weighted by Crippen LogP contribution is 2.33. The van der Waals surface area contributed by atoms with Crippen LogP contribution < -0.4 is 16.0 Å². The molecule has 1 atom stereocenters. The molecule has 1 aliphatic heterocycles. The van der Waals surface area contributed by atoms with Crippen LogP contribution in [-0.4, -0.2) is 35.0 Å². The van der Waals surface area contributed by atoms with Crippen LogP contribution in [-0.2, 0) is 16.9 Å². The Balaban J connectivity index is 1.39. The average Bonchev–Trinajstić information content (AvgIpc) is 3.11. The Morgan fingerprint density at radius 3 is 2.57 bits per heavy atom. The van der Waals surface area contributed by atoms with E-state index in [1.54, 1.807) is 32.2 Å². The van der Waals surface area contributed by atoms with Crippen LogP contribution in [0.15, 0.2) is 84.9 Å². The number of hydrogen-bond acceptors (Lipinski definition) is 4. The number of urea groups is 1. The number of fused-ring (bicyclic) bond motifs is 1. The van der Waals surface area contributed by atoms with Gasteiger partial charge in [-0.2, -0.15) is 0 Å². The van der Waals surface area contributed by atoms with E-state index in [2.05, 4.69) is 16.0 Å². The summed E-state index contributed by atoms with van der Waals surface area (Å²) in [6, 6.07) is 25.6. The summed E-state index contributed by atoms with van der Waals surface area (Å²) in [4.78, 5) is 26.9. The Hall–Kier alpha value is -4.85. The van der Waals surface area contributed by atoms with Crippen molar-refractivity contribution in [2.24, 2.45) is 0 Å². The number of phenols is 1. The van der Waals surface area contributed by atoms with Crippen LogP contribution in [0.2, 0.25) is 0 Å². The Morgan fingerprint density at radius 2 is 1.78 bits per heavy atom. The monoisotopic (exact) mass is 493 g/mol. The van der Waals surface area contributed by atoms with E-state index < -0.39 is 5.54 Å². The first-order valence-electron chi connectivity index (χ1n) is 11.9. The highest BCUT2D eigenvalue weighted by Gasteiger charge is 2.45. The van der Waals surface area contributed by atoms with Gasteiger partial charge >= 0.3 is 6.03 Å². The zero-order valence-corrected chi connectivity index (χ0v) is 20.5. The van der Waals surface area contributed by atoms with E-state index in [-0.39, 0.29) is 30.2 Å². The van der Waals surface area contributed by atoms with Crippen molar-refractivity contribution < 1.29 is 14.7 Å². The number of nitrogens with zero attached hydrogens (tertiary/aromatic N) is 1. The number of amides is 3. The molecule has 0 aromatic heterocycles. The van der Waals surface area contributed by atoms with Crippen molar-refractivity contribution in [2.75, 3.05) is 12.4 Å². The molecule has 3 amide bonds. The van der Waals surface area contributed by atoms with Gasteiger partial charge in [0.2, 0.25) is 0 Å². The summed E-state index contributed by atoms with van der Waals surface area (Å²) in [5, 5.41) is 29.0. The molecule has 4 aromatic carbocycles. The van der Waals surface area contributed by atoms with Crippen molar-refractivity contribution in [3.8, 4) is 16.9 Å². The fourth-order valence-electron chi connectivity index (χ4n) is 4.67. The number of nitrogens with one attached hydrogen (secondary N) is 4.